The number of nitrogens with one attached hydrogen (secondary N) is 1. The predicted molar refractivity (Wildman–Crippen MR) is 126 cm³/mol. The van der Waals surface area contributed by atoms with Crippen LogP contribution in [0.4, 0.5) is 4.39 Å². The first-order valence-corrected chi connectivity index (χ1v) is 11.4. The Hall–Kier alpha value is -3.85. The summed E-state index contributed by atoms with van der Waals surface area (Å²) in [7, 11) is 0. The molecule has 0 fully saturated rings. The number of fused-ring (bicyclic) bond motifs is 1. The fourth-order valence-corrected chi connectivity index (χ4v) is 4.03. The average Bonchev–Trinajstić information content (AvgIpc) is 3.20. The highest BCUT2D eigenvalue weighted by atomic mass is 19.1. The third-order valence-corrected chi connectivity index (χ3v) is 6.01. The van der Waals surface area contributed by atoms with Gasteiger partial charge < -0.3 is 20.1 Å². The molecule has 4 rings (SSSR count). The molecular formula is C26H27FN4O4. The molecule has 9 heteroatoms. The van der Waals surface area contributed by atoms with E-state index in [2.05, 4.69) is 15.3 Å². The second-order valence-corrected chi connectivity index (χ2v) is 8.43. The summed E-state index contributed by atoms with van der Waals surface area (Å²) < 4.78 is 18.9. The third kappa shape index (κ3) is 5.46. The van der Waals surface area contributed by atoms with Crippen molar-refractivity contribution < 1.29 is 23.8 Å². The number of benzene rings is 1. The third-order valence-electron chi connectivity index (χ3n) is 6.01. The van der Waals surface area contributed by atoms with Crippen LogP contribution < -0.4 is 10.1 Å². The number of amides is 2. The Balaban J connectivity index is 1.46. The maximum Gasteiger partial charge on any atom is 0.255 e. The van der Waals surface area contributed by atoms with Gasteiger partial charge in [0.05, 0.1) is 36.7 Å². The molecule has 1 unspecified atom stereocenters. The Morgan fingerprint density at radius 2 is 2.03 bits per heavy atom. The summed E-state index contributed by atoms with van der Waals surface area (Å²) in [6.07, 6.45) is 3.21. The number of hydrogen-bond donors (Lipinski definition) is 2. The molecule has 2 aromatic heterocycles. The second kappa shape index (κ2) is 10.6. The number of carbonyl (C=O) groups is 2. The van der Waals surface area contributed by atoms with Gasteiger partial charge in [0.2, 0.25) is 5.91 Å². The number of hydrogen-bond acceptors (Lipinski definition) is 6. The molecule has 2 N–H and O–H groups in total. The molecule has 8 nitrogen and oxygen atoms in total. The molecule has 1 aliphatic heterocycles. The smallest absolute Gasteiger partial charge is 0.255 e. The lowest BCUT2D eigenvalue weighted by atomic mass is 10.1. The molecule has 182 valence electrons. The van der Waals surface area contributed by atoms with Crippen molar-refractivity contribution >= 4 is 11.8 Å². The monoisotopic (exact) mass is 478 g/mol. The van der Waals surface area contributed by atoms with E-state index >= 15 is 0 Å². The average molecular weight is 479 g/mol. The Morgan fingerprint density at radius 1 is 1.26 bits per heavy atom. The highest BCUT2D eigenvalue weighted by Crippen LogP contribution is 2.33. The molecule has 0 saturated heterocycles. The van der Waals surface area contributed by atoms with Crippen molar-refractivity contribution in [1.82, 2.24) is 20.2 Å². The minimum atomic E-state index is -0.309. The Labute approximate surface area is 202 Å². The number of aromatic nitrogens is 2. The van der Waals surface area contributed by atoms with Crippen molar-refractivity contribution in [1.29, 1.82) is 0 Å². The molecule has 2 amide bonds. The van der Waals surface area contributed by atoms with Gasteiger partial charge in [0, 0.05) is 30.4 Å². The number of pyridine rings is 2. The lowest BCUT2D eigenvalue weighted by molar-refractivity contribution is -0.120. The summed E-state index contributed by atoms with van der Waals surface area (Å²) in [4.78, 5) is 35.8. The number of carbonyl (C=O) groups excluding carboxylic acids is 2. The lowest BCUT2D eigenvalue weighted by Gasteiger charge is -2.24. The predicted octanol–water partition coefficient (Wildman–Crippen LogP) is 2.87. The van der Waals surface area contributed by atoms with E-state index in [9.17, 15) is 14.0 Å². The van der Waals surface area contributed by atoms with E-state index in [4.69, 9.17) is 9.84 Å². The maximum atomic E-state index is 13.1. The van der Waals surface area contributed by atoms with Crippen LogP contribution in [0.25, 0.3) is 0 Å². The minimum absolute atomic E-state index is 0.0378. The van der Waals surface area contributed by atoms with Crippen LogP contribution in [0.1, 0.15) is 51.4 Å². The van der Waals surface area contributed by atoms with Crippen LogP contribution in [0.2, 0.25) is 0 Å². The first-order valence-electron chi connectivity index (χ1n) is 11.4. The van der Waals surface area contributed by atoms with Gasteiger partial charge in [-0.1, -0.05) is 12.1 Å². The number of nitrogens with zero attached hydrogens (tertiary/aromatic N) is 3. The van der Waals surface area contributed by atoms with Crippen LogP contribution >= 0.6 is 0 Å². The van der Waals surface area contributed by atoms with E-state index < -0.39 is 0 Å². The van der Waals surface area contributed by atoms with Gasteiger partial charge in [0.25, 0.3) is 5.91 Å². The first kappa shape index (κ1) is 24.3. The van der Waals surface area contributed by atoms with E-state index in [0.717, 1.165) is 16.7 Å². The first-order chi connectivity index (χ1) is 16.9. The molecule has 0 saturated carbocycles. The highest BCUT2D eigenvalue weighted by Gasteiger charge is 2.34. The normalized spacial score (nSPS) is 13.5. The quantitative estimate of drug-likeness (QED) is 0.490. The molecule has 3 heterocycles. The number of rotatable bonds is 9. The van der Waals surface area contributed by atoms with Gasteiger partial charge in [0.15, 0.2) is 0 Å². The molecule has 0 bridgehead atoms. The number of aliphatic hydroxyl groups is 1. The molecule has 3 aromatic rings. The number of aryl methyl sites for hydroxylation is 1. The molecule has 0 spiro atoms. The van der Waals surface area contributed by atoms with Crippen LogP contribution in [0, 0.1) is 12.7 Å². The van der Waals surface area contributed by atoms with Crippen molar-refractivity contribution in [3.63, 3.8) is 0 Å². The van der Waals surface area contributed by atoms with Crippen molar-refractivity contribution in [2.75, 3.05) is 13.2 Å². The van der Waals surface area contributed by atoms with Crippen LogP contribution in [0.15, 0.2) is 48.8 Å². The fraction of sp³-hybridized carbons (Fsp3) is 0.308. The van der Waals surface area contributed by atoms with Crippen LogP contribution in [0.3, 0.4) is 0 Å². The Morgan fingerprint density at radius 3 is 2.74 bits per heavy atom. The summed E-state index contributed by atoms with van der Waals surface area (Å²) in [5, 5.41) is 11.5. The molecule has 1 aliphatic rings. The highest BCUT2D eigenvalue weighted by molar-refractivity contribution is 5.99. The zero-order valence-electron chi connectivity index (χ0n) is 19.6. The second-order valence-electron chi connectivity index (χ2n) is 8.43. The van der Waals surface area contributed by atoms with Crippen molar-refractivity contribution in [3.05, 3.63) is 88.3 Å². The number of ether oxygens (including phenoxy) is 1. The summed E-state index contributed by atoms with van der Waals surface area (Å²) >= 11 is 0. The molecule has 0 radical (unpaired) electrons. The van der Waals surface area contributed by atoms with Gasteiger partial charge in [-0.15, -0.1) is 0 Å². The summed E-state index contributed by atoms with van der Waals surface area (Å²) in [6, 6.07) is 9.38. The van der Waals surface area contributed by atoms with E-state index in [-0.39, 0.29) is 43.2 Å². The van der Waals surface area contributed by atoms with Gasteiger partial charge in [-0.05, 0) is 49.2 Å². The molecule has 1 aromatic carbocycles. The van der Waals surface area contributed by atoms with Crippen LogP contribution in [0.5, 0.6) is 5.75 Å². The maximum absolute atomic E-state index is 13.1. The fourth-order valence-electron chi connectivity index (χ4n) is 4.03. The summed E-state index contributed by atoms with van der Waals surface area (Å²) in [5.74, 6) is -0.0754. The zero-order valence-corrected chi connectivity index (χ0v) is 19.6. The largest absolute Gasteiger partial charge is 0.487 e. The van der Waals surface area contributed by atoms with Gasteiger partial charge in [-0.2, -0.15) is 0 Å². The zero-order chi connectivity index (χ0) is 24.9. The topological polar surface area (TPSA) is 105 Å². The van der Waals surface area contributed by atoms with Gasteiger partial charge in [-0.3, -0.25) is 19.6 Å². The van der Waals surface area contributed by atoms with Gasteiger partial charge in [-0.25, -0.2) is 4.39 Å². The van der Waals surface area contributed by atoms with E-state index in [1.54, 1.807) is 29.3 Å². The molecular weight excluding hydrogens is 451 g/mol. The lowest BCUT2D eigenvalue weighted by Crippen LogP contribution is -2.29. The van der Waals surface area contributed by atoms with Crippen LogP contribution in [-0.2, 0) is 24.4 Å². The number of aliphatic hydroxyl groups excluding tert-OH is 1. The molecule has 0 aliphatic carbocycles. The van der Waals surface area contributed by atoms with E-state index in [0.29, 0.717) is 35.9 Å². The SMILES string of the molecule is Cc1cc(C(C)N2Cc3c(ccnc3CC(=O)NCCO)C2=O)ncc1OCc1ccc(F)cc1. The Bertz CT molecular complexity index is 1230. The Kier molecular flexibility index (Phi) is 7.36. The molecule has 35 heavy (non-hydrogen) atoms. The minimum Gasteiger partial charge on any atom is -0.487 e. The van der Waals surface area contributed by atoms with E-state index in [1.165, 1.54) is 18.3 Å². The van der Waals surface area contributed by atoms with Crippen LogP contribution in [-0.4, -0.2) is 44.9 Å². The van der Waals surface area contributed by atoms with Gasteiger partial charge in [0.1, 0.15) is 18.2 Å². The summed E-state index contributed by atoms with van der Waals surface area (Å²) in [6.45, 7) is 4.47. The number of halogens is 1. The van der Waals surface area contributed by atoms with Crippen molar-refractivity contribution in [2.24, 2.45) is 0 Å². The van der Waals surface area contributed by atoms with Gasteiger partial charge >= 0.3 is 0 Å². The van der Waals surface area contributed by atoms with E-state index in [1.807, 2.05) is 19.9 Å². The van der Waals surface area contributed by atoms with Crippen molar-refractivity contribution in [3.8, 4) is 5.75 Å². The molecule has 1 atom stereocenters. The summed E-state index contributed by atoms with van der Waals surface area (Å²) in [5.41, 5.74) is 4.25. The van der Waals surface area contributed by atoms with Crippen molar-refractivity contribution in [2.45, 2.75) is 39.5 Å². The standard InChI is InChI=1S/C26H27FN4O4/c1-16-11-22(30-13-24(16)35-15-18-3-5-19(27)6-4-18)17(2)31-14-21-20(26(31)34)7-8-28-23(21)12-25(33)29-9-10-32/h3-8,11,13,17,32H,9-10,12,14-15H2,1-2H3,(H,29,33).